The van der Waals surface area contributed by atoms with Crippen LogP contribution in [0.4, 0.5) is 0 Å². The monoisotopic (exact) mass is 355 g/mol. The molecule has 2 unspecified atom stereocenters. The summed E-state index contributed by atoms with van der Waals surface area (Å²) in [7, 11) is 1.60. The number of hydrogen-bond acceptors (Lipinski definition) is 4. The third-order valence-electron chi connectivity index (χ3n) is 4.68. The van der Waals surface area contributed by atoms with E-state index in [1.807, 2.05) is 32.0 Å². The van der Waals surface area contributed by atoms with Gasteiger partial charge in [-0.1, -0.05) is 54.6 Å². The first kappa shape index (κ1) is 20.1. The highest BCUT2D eigenvalue weighted by Gasteiger charge is 2.35. The van der Waals surface area contributed by atoms with Crippen molar-refractivity contribution >= 4 is 5.97 Å². The lowest BCUT2D eigenvalue weighted by atomic mass is 9.84. The molecular weight excluding hydrogens is 326 g/mol. The number of nitrogens with two attached hydrogens (primary N) is 1. The maximum absolute atomic E-state index is 12.3. The Hall–Kier alpha value is -2.17. The molecule has 0 saturated carbocycles. The number of esters is 1. The van der Waals surface area contributed by atoms with Gasteiger partial charge in [0.05, 0.1) is 18.6 Å². The Morgan fingerprint density at radius 2 is 1.69 bits per heavy atom. The van der Waals surface area contributed by atoms with Crippen LogP contribution >= 0.6 is 0 Å². The van der Waals surface area contributed by atoms with Gasteiger partial charge < -0.3 is 15.2 Å². The van der Waals surface area contributed by atoms with E-state index >= 15 is 0 Å². The summed E-state index contributed by atoms with van der Waals surface area (Å²) in [6.45, 7) is 4.38. The fraction of sp³-hybridized carbons (Fsp3) is 0.409. The minimum atomic E-state index is -0.674. The van der Waals surface area contributed by atoms with Crippen LogP contribution in [0, 0.1) is 5.41 Å². The molecule has 2 rings (SSSR count). The molecule has 140 valence electrons. The van der Waals surface area contributed by atoms with Crippen molar-refractivity contribution in [1.29, 1.82) is 0 Å². The molecule has 0 aliphatic carbocycles. The van der Waals surface area contributed by atoms with Crippen LogP contribution in [0.1, 0.15) is 38.3 Å². The van der Waals surface area contributed by atoms with Gasteiger partial charge in [0.25, 0.3) is 0 Å². The van der Waals surface area contributed by atoms with E-state index in [0.29, 0.717) is 26.1 Å². The normalized spacial score (nSPS) is 14.5. The Morgan fingerprint density at radius 1 is 1.08 bits per heavy atom. The summed E-state index contributed by atoms with van der Waals surface area (Å²) in [5, 5.41) is 0. The average molecular weight is 355 g/mol. The van der Waals surface area contributed by atoms with Gasteiger partial charge in [-0.25, -0.2) is 0 Å². The van der Waals surface area contributed by atoms with Gasteiger partial charge in [0.1, 0.15) is 0 Å². The van der Waals surface area contributed by atoms with Crippen LogP contribution in [0.15, 0.2) is 54.6 Å². The molecule has 0 aliphatic rings. The van der Waals surface area contributed by atoms with Crippen LogP contribution in [-0.4, -0.2) is 26.3 Å². The van der Waals surface area contributed by atoms with Crippen LogP contribution in [0.2, 0.25) is 0 Å². The molecule has 0 heterocycles. The van der Waals surface area contributed by atoms with Gasteiger partial charge in [0.15, 0.2) is 0 Å². The summed E-state index contributed by atoms with van der Waals surface area (Å²) < 4.78 is 10.4. The van der Waals surface area contributed by atoms with Crippen molar-refractivity contribution in [2.24, 2.45) is 11.1 Å². The van der Waals surface area contributed by atoms with Gasteiger partial charge in [0, 0.05) is 13.2 Å². The number of benzene rings is 2. The minimum Gasteiger partial charge on any atom is -0.466 e. The Labute approximate surface area is 156 Å². The molecule has 4 heteroatoms. The second-order valence-corrected chi connectivity index (χ2v) is 6.85. The molecule has 0 amide bonds. The Bertz CT molecular complexity index is 684. The summed E-state index contributed by atoms with van der Waals surface area (Å²) in [4.78, 5) is 12.3. The summed E-state index contributed by atoms with van der Waals surface area (Å²) in [6, 6.07) is 18.4. The first-order chi connectivity index (χ1) is 12.5. The number of ether oxygens (including phenoxy) is 2. The topological polar surface area (TPSA) is 61.5 Å². The molecule has 0 radical (unpaired) electrons. The summed E-state index contributed by atoms with van der Waals surface area (Å²) in [5.41, 5.74) is 9.10. The van der Waals surface area contributed by atoms with E-state index in [0.717, 1.165) is 11.1 Å². The van der Waals surface area contributed by atoms with Gasteiger partial charge in [0.2, 0.25) is 0 Å². The third-order valence-corrected chi connectivity index (χ3v) is 4.68. The Morgan fingerprint density at radius 3 is 2.27 bits per heavy atom. The summed E-state index contributed by atoms with van der Waals surface area (Å²) in [5.74, 6) is -0.228. The average Bonchev–Trinajstić information content (AvgIpc) is 2.67. The molecule has 0 saturated heterocycles. The predicted molar refractivity (Wildman–Crippen MR) is 105 cm³/mol. The van der Waals surface area contributed by atoms with Crippen LogP contribution in [0.3, 0.4) is 0 Å². The zero-order chi connectivity index (χ0) is 19.0. The van der Waals surface area contributed by atoms with E-state index < -0.39 is 5.41 Å². The SMILES string of the molecule is CCOC(=O)C(C)(CCC(N)c1ccc(-c2ccccc2)cc1)COC. The smallest absolute Gasteiger partial charge is 0.314 e. The van der Waals surface area contributed by atoms with Gasteiger partial charge in [-0.2, -0.15) is 0 Å². The maximum atomic E-state index is 12.3. The molecule has 2 aromatic carbocycles. The lowest BCUT2D eigenvalue weighted by Gasteiger charge is -2.27. The maximum Gasteiger partial charge on any atom is 0.314 e. The zero-order valence-corrected chi connectivity index (χ0v) is 15.9. The van der Waals surface area contributed by atoms with E-state index in [2.05, 4.69) is 36.4 Å². The zero-order valence-electron chi connectivity index (χ0n) is 15.9. The van der Waals surface area contributed by atoms with Crippen LogP contribution in [-0.2, 0) is 14.3 Å². The van der Waals surface area contributed by atoms with E-state index in [1.165, 1.54) is 5.56 Å². The fourth-order valence-corrected chi connectivity index (χ4v) is 3.05. The molecule has 0 spiro atoms. The molecule has 0 fully saturated rings. The van der Waals surface area contributed by atoms with Crippen molar-refractivity contribution in [3.8, 4) is 11.1 Å². The molecule has 0 aromatic heterocycles. The van der Waals surface area contributed by atoms with Gasteiger partial charge in [-0.3, -0.25) is 4.79 Å². The second-order valence-electron chi connectivity index (χ2n) is 6.85. The van der Waals surface area contributed by atoms with Crippen molar-refractivity contribution in [3.63, 3.8) is 0 Å². The van der Waals surface area contributed by atoms with Crippen LogP contribution in [0.5, 0.6) is 0 Å². The largest absolute Gasteiger partial charge is 0.466 e. The van der Waals surface area contributed by atoms with Crippen molar-refractivity contribution in [2.75, 3.05) is 20.3 Å². The van der Waals surface area contributed by atoms with Gasteiger partial charge in [-0.15, -0.1) is 0 Å². The molecule has 2 aromatic rings. The fourth-order valence-electron chi connectivity index (χ4n) is 3.05. The van der Waals surface area contributed by atoms with Gasteiger partial charge >= 0.3 is 5.97 Å². The predicted octanol–water partition coefficient (Wildman–Crippen LogP) is 4.35. The standard InChI is InChI=1S/C22H29NO3/c1-4-26-21(24)22(2,16-25-3)15-14-20(23)19-12-10-18(11-13-19)17-8-6-5-7-9-17/h5-13,20H,4,14-16,23H2,1-3H3. The molecule has 2 atom stereocenters. The Kier molecular flexibility index (Phi) is 7.37. The minimum absolute atomic E-state index is 0.134. The molecule has 26 heavy (non-hydrogen) atoms. The van der Waals surface area contributed by atoms with Gasteiger partial charge in [-0.05, 0) is 43.4 Å². The van der Waals surface area contributed by atoms with Crippen molar-refractivity contribution in [3.05, 3.63) is 60.2 Å². The van der Waals surface area contributed by atoms with E-state index in [-0.39, 0.29) is 12.0 Å². The summed E-state index contributed by atoms with van der Waals surface area (Å²) >= 11 is 0. The third kappa shape index (κ3) is 5.16. The van der Waals surface area contributed by atoms with Crippen LogP contribution in [0.25, 0.3) is 11.1 Å². The number of methoxy groups -OCH3 is 1. The molecule has 4 nitrogen and oxygen atoms in total. The molecule has 2 N–H and O–H groups in total. The second kappa shape index (κ2) is 9.51. The van der Waals surface area contributed by atoms with E-state index in [9.17, 15) is 4.79 Å². The lowest BCUT2D eigenvalue weighted by molar-refractivity contribution is -0.158. The highest BCUT2D eigenvalue weighted by Crippen LogP contribution is 2.30. The first-order valence-electron chi connectivity index (χ1n) is 9.07. The molecule has 0 bridgehead atoms. The number of rotatable bonds is 9. The highest BCUT2D eigenvalue weighted by molar-refractivity contribution is 5.76. The summed E-state index contributed by atoms with van der Waals surface area (Å²) in [6.07, 6.45) is 1.30. The van der Waals surface area contributed by atoms with Crippen molar-refractivity contribution in [2.45, 2.75) is 32.7 Å². The molecule has 0 aliphatic heterocycles. The Balaban J connectivity index is 2.02. The highest BCUT2D eigenvalue weighted by atomic mass is 16.5. The quantitative estimate of drug-likeness (QED) is 0.679. The van der Waals surface area contributed by atoms with E-state index in [1.54, 1.807) is 7.11 Å². The number of carbonyl (C=O) groups excluding carboxylic acids is 1. The van der Waals surface area contributed by atoms with Crippen molar-refractivity contribution in [1.82, 2.24) is 0 Å². The first-order valence-corrected chi connectivity index (χ1v) is 9.07. The van der Waals surface area contributed by atoms with Crippen molar-refractivity contribution < 1.29 is 14.3 Å². The number of hydrogen-bond donors (Lipinski definition) is 1. The lowest BCUT2D eigenvalue weighted by Crippen LogP contribution is -2.35. The number of carbonyl (C=O) groups is 1. The van der Waals surface area contributed by atoms with E-state index in [4.69, 9.17) is 15.2 Å². The molecular formula is C22H29NO3. The van der Waals surface area contributed by atoms with Crippen LogP contribution < -0.4 is 5.73 Å².